The number of amides is 1. The van der Waals surface area contributed by atoms with Gasteiger partial charge in [0.1, 0.15) is 5.82 Å². The highest BCUT2D eigenvalue weighted by molar-refractivity contribution is 5.99. The van der Waals surface area contributed by atoms with Crippen LogP contribution >= 0.6 is 0 Å². The number of nitrogen functional groups attached to an aromatic ring is 1. The summed E-state index contributed by atoms with van der Waals surface area (Å²) < 4.78 is 14.0. The van der Waals surface area contributed by atoms with Crippen LogP contribution < -0.4 is 16.4 Å². The number of hydrogen-bond acceptors (Lipinski definition) is 3. The van der Waals surface area contributed by atoms with Gasteiger partial charge in [-0.05, 0) is 17.7 Å². The molecule has 1 amide bonds. The van der Waals surface area contributed by atoms with Crippen molar-refractivity contribution in [3.63, 3.8) is 0 Å². The molecule has 0 atom stereocenters. The van der Waals surface area contributed by atoms with Crippen molar-refractivity contribution in [1.29, 1.82) is 0 Å². The van der Waals surface area contributed by atoms with Crippen LogP contribution in [0.25, 0.3) is 0 Å². The molecule has 0 unspecified atom stereocenters. The minimum Gasteiger partial charge on any atom is -0.398 e. The van der Waals surface area contributed by atoms with Crippen LogP contribution in [0.2, 0.25) is 0 Å². The van der Waals surface area contributed by atoms with Gasteiger partial charge in [0, 0.05) is 19.3 Å². The molecule has 0 saturated carbocycles. The number of carbonyl (C=O) groups excluding carboxylic acids is 1. The lowest BCUT2D eigenvalue weighted by molar-refractivity contribution is 0.100. The number of hydrogen-bond donors (Lipinski definition) is 2. The normalized spacial score (nSPS) is 10.3. The molecule has 0 aliphatic heterocycles. The summed E-state index contributed by atoms with van der Waals surface area (Å²) in [6.07, 6.45) is 0. The fourth-order valence-corrected chi connectivity index (χ4v) is 2.03. The van der Waals surface area contributed by atoms with Crippen LogP contribution in [-0.4, -0.2) is 13.0 Å². The van der Waals surface area contributed by atoms with Gasteiger partial charge in [0.05, 0.1) is 11.3 Å². The molecule has 5 heteroatoms. The highest BCUT2D eigenvalue weighted by atomic mass is 19.1. The first kappa shape index (κ1) is 13.9. The molecule has 2 rings (SSSR count). The van der Waals surface area contributed by atoms with E-state index < -0.39 is 11.7 Å². The molecule has 2 aromatic rings. The van der Waals surface area contributed by atoms with Gasteiger partial charge in [0.25, 0.3) is 5.91 Å². The number of halogens is 1. The molecule has 4 N–H and O–H groups in total. The lowest BCUT2D eigenvalue weighted by Gasteiger charge is -2.21. The Kier molecular flexibility index (Phi) is 3.89. The molecule has 0 radical (unpaired) electrons. The Morgan fingerprint density at radius 2 is 1.90 bits per heavy atom. The van der Waals surface area contributed by atoms with Crippen molar-refractivity contribution in [1.82, 2.24) is 0 Å². The minimum atomic E-state index is -0.670. The predicted octanol–water partition coefficient (Wildman–Crippen LogP) is 2.14. The second-order valence-electron chi connectivity index (χ2n) is 4.60. The van der Waals surface area contributed by atoms with Crippen molar-refractivity contribution in [3.8, 4) is 0 Å². The van der Waals surface area contributed by atoms with Gasteiger partial charge in [-0.3, -0.25) is 4.79 Å². The second-order valence-corrected chi connectivity index (χ2v) is 4.60. The maximum atomic E-state index is 14.0. The smallest absolute Gasteiger partial charge is 0.250 e. The van der Waals surface area contributed by atoms with E-state index in [1.807, 2.05) is 30.3 Å². The fraction of sp³-hybridized carbons (Fsp3) is 0.133. The third-order valence-corrected chi connectivity index (χ3v) is 3.06. The van der Waals surface area contributed by atoms with Crippen molar-refractivity contribution < 1.29 is 9.18 Å². The first-order chi connectivity index (χ1) is 9.49. The number of nitrogens with zero attached hydrogens (tertiary/aromatic N) is 1. The summed E-state index contributed by atoms with van der Waals surface area (Å²) in [4.78, 5) is 13.0. The van der Waals surface area contributed by atoms with Crippen LogP contribution in [0, 0.1) is 5.82 Å². The van der Waals surface area contributed by atoms with Gasteiger partial charge < -0.3 is 16.4 Å². The molecule has 0 aliphatic carbocycles. The van der Waals surface area contributed by atoms with Crippen LogP contribution in [0.5, 0.6) is 0 Å². The van der Waals surface area contributed by atoms with Crippen molar-refractivity contribution in [2.45, 2.75) is 6.54 Å². The summed E-state index contributed by atoms with van der Waals surface area (Å²) in [6.45, 7) is 0.514. The Labute approximate surface area is 116 Å². The maximum Gasteiger partial charge on any atom is 0.250 e. The van der Waals surface area contributed by atoms with E-state index in [9.17, 15) is 9.18 Å². The average Bonchev–Trinajstić information content (AvgIpc) is 2.39. The van der Waals surface area contributed by atoms with Crippen molar-refractivity contribution in [2.24, 2.45) is 5.73 Å². The maximum absolute atomic E-state index is 14.0. The van der Waals surface area contributed by atoms with Gasteiger partial charge in [-0.2, -0.15) is 0 Å². The van der Waals surface area contributed by atoms with E-state index in [1.54, 1.807) is 11.9 Å². The van der Waals surface area contributed by atoms with E-state index in [-0.39, 0.29) is 16.9 Å². The summed E-state index contributed by atoms with van der Waals surface area (Å²) >= 11 is 0. The SMILES string of the molecule is CN(Cc1ccccc1)c1cc(C(N)=O)c(N)cc1F. The number of benzene rings is 2. The number of primary amides is 1. The van der Waals surface area contributed by atoms with Gasteiger partial charge >= 0.3 is 0 Å². The zero-order valence-electron chi connectivity index (χ0n) is 11.1. The fourth-order valence-electron chi connectivity index (χ4n) is 2.03. The molecule has 104 valence electrons. The molecule has 2 aromatic carbocycles. The second kappa shape index (κ2) is 5.61. The summed E-state index contributed by atoms with van der Waals surface area (Å²) in [6, 6.07) is 12.1. The van der Waals surface area contributed by atoms with Crippen molar-refractivity contribution in [3.05, 3.63) is 59.4 Å². The van der Waals surface area contributed by atoms with Gasteiger partial charge in [0.15, 0.2) is 0 Å². The molecule has 0 bridgehead atoms. The predicted molar refractivity (Wildman–Crippen MR) is 77.9 cm³/mol. The summed E-state index contributed by atoms with van der Waals surface area (Å²) in [5.74, 6) is -1.15. The molecule has 4 nitrogen and oxygen atoms in total. The van der Waals surface area contributed by atoms with Crippen LogP contribution in [-0.2, 0) is 6.54 Å². The first-order valence-electron chi connectivity index (χ1n) is 6.13. The van der Waals surface area contributed by atoms with Crippen molar-refractivity contribution in [2.75, 3.05) is 17.7 Å². The number of rotatable bonds is 4. The quantitative estimate of drug-likeness (QED) is 0.838. The van der Waals surface area contributed by atoms with E-state index in [0.29, 0.717) is 6.54 Å². The molecule has 0 aromatic heterocycles. The van der Waals surface area contributed by atoms with Crippen LogP contribution in [0.4, 0.5) is 15.8 Å². The summed E-state index contributed by atoms with van der Waals surface area (Å²) in [5.41, 5.74) is 12.3. The third kappa shape index (κ3) is 2.88. The molecule has 20 heavy (non-hydrogen) atoms. The Balaban J connectivity index is 2.32. The van der Waals surface area contributed by atoms with Crippen LogP contribution in [0.15, 0.2) is 42.5 Å². The number of carbonyl (C=O) groups is 1. The van der Waals surface area contributed by atoms with E-state index in [1.165, 1.54) is 6.07 Å². The van der Waals surface area contributed by atoms with E-state index in [4.69, 9.17) is 11.5 Å². The lowest BCUT2D eigenvalue weighted by Crippen LogP contribution is -2.20. The number of anilines is 2. The topological polar surface area (TPSA) is 72.3 Å². The van der Waals surface area contributed by atoms with Crippen LogP contribution in [0.1, 0.15) is 15.9 Å². The van der Waals surface area contributed by atoms with Gasteiger partial charge in [-0.25, -0.2) is 4.39 Å². The minimum absolute atomic E-state index is 0.0480. The van der Waals surface area contributed by atoms with Gasteiger partial charge in [-0.15, -0.1) is 0 Å². The van der Waals surface area contributed by atoms with Gasteiger partial charge in [-0.1, -0.05) is 30.3 Å². The molecule has 0 saturated heterocycles. The zero-order valence-corrected chi connectivity index (χ0v) is 11.1. The molecule has 0 spiro atoms. The first-order valence-corrected chi connectivity index (χ1v) is 6.13. The Bertz CT molecular complexity index is 629. The standard InChI is InChI=1S/C15H16FN3O/c1-19(9-10-5-3-2-4-6-10)14-7-11(15(18)20)13(17)8-12(14)16/h2-8H,9,17H2,1H3,(H2,18,20). The number of nitrogens with two attached hydrogens (primary N) is 2. The average molecular weight is 273 g/mol. The Morgan fingerprint density at radius 3 is 2.50 bits per heavy atom. The Morgan fingerprint density at radius 1 is 1.25 bits per heavy atom. The molecular weight excluding hydrogens is 257 g/mol. The van der Waals surface area contributed by atoms with Gasteiger partial charge in [0.2, 0.25) is 0 Å². The molecule has 0 fully saturated rings. The zero-order chi connectivity index (χ0) is 14.7. The summed E-state index contributed by atoms with van der Waals surface area (Å²) in [5, 5.41) is 0. The largest absolute Gasteiger partial charge is 0.398 e. The van der Waals surface area contributed by atoms with Crippen LogP contribution in [0.3, 0.4) is 0 Å². The third-order valence-electron chi connectivity index (χ3n) is 3.06. The monoisotopic (exact) mass is 273 g/mol. The summed E-state index contributed by atoms with van der Waals surface area (Å²) in [7, 11) is 1.74. The van der Waals surface area contributed by atoms with E-state index in [2.05, 4.69) is 0 Å². The van der Waals surface area contributed by atoms with Crippen molar-refractivity contribution >= 4 is 17.3 Å². The van der Waals surface area contributed by atoms with E-state index >= 15 is 0 Å². The lowest BCUT2D eigenvalue weighted by atomic mass is 10.1. The molecular formula is C15H16FN3O. The molecule has 0 heterocycles. The Hall–Kier alpha value is -2.56. The molecule has 0 aliphatic rings. The van der Waals surface area contributed by atoms with E-state index in [0.717, 1.165) is 11.6 Å². The highest BCUT2D eigenvalue weighted by Crippen LogP contribution is 2.25. The highest BCUT2D eigenvalue weighted by Gasteiger charge is 2.14.